The summed E-state index contributed by atoms with van der Waals surface area (Å²) < 4.78 is 14.9. The van der Waals surface area contributed by atoms with E-state index in [1.165, 1.54) is 14.2 Å². The highest BCUT2D eigenvalue weighted by molar-refractivity contribution is 5.90. The third-order valence-corrected chi connectivity index (χ3v) is 3.02. The highest BCUT2D eigenvalue weighted by Crippen LogP contribution is 2.18. The van der Waals surface area contributed by atoms with Gasteiger partial charge in [-0.1, -0.05) is 0 Å². The van der Waals surface area contributed by atoms with Crippen LogP contribution >= 0.6 is 0 Å². The van der Waals surface area contributed by atoms with Crippen LogP contribution in [-0.4, -0.2) is 43.6 Å². The van der Waals surface area contributed by atoms with E-state index in [1.807, 2.05) is 18.7 Å². The second-order valence-electron chi connectivity index (χ2n) is 4.75. The van der Waals surface area contributed by atoms with Crippen molar-refractivity contribution in [1.82, 2.24) is 4.90 Å². The molecule has 0 saturated heterocycles. The Balaban J connectivity index is 2.84. The number of methoxy groups -OCH3 is 2. The number of ether oxygens (including phenoxy) is 2. The number of carbonyl (C=O) groups excluding carboxylic acids is 2. The van der Waals surface area contributed by atoms with Crippen LogP contribution in [0.3, 0.4) is 0 Å². The second-order valence-corrected chi connectivity index (χ2v) is 4.75. The minimum Gasteiger partial charge on any atom is -0.468 e. The van der Waals surface area contributed by atoms with Crippen molar-refractivity contribution >= 4 is 11.9 Å². The lowest BCUT2D eigenvalue weighted by Gasteiger charge is -2.23. The van der Waals surface area contributed by atoms with E-state index in [0.29, 0.717) is 23.6 Å². The van der Waals surface area contributed by atoms with Gasteiger partial charge in [-0.3, -0.25) is 9.69 Å². The zero-order chi connectivity index (χ0) is 15.3. The Hall–Kier alpha value is -1.82. The van der Waals surface area contributed by atoms with Gasteiger partial charge in [-0.2, -0.15) is 0 Å². The third kappa shape index (κ3) is 4.09. The van der Waals surface area contributed by atoms with Crippen LogP contribution in [0.4, 0.5) is 0 Å². The molecule has 0 bridgehead atoms. The van der Waals surface area contributed by atoms with Crippen molar-refractivity contribution in [2.24, 2.45) is 0 Å². The summed E-state index contributed by atoms with van der Waals surface area (Å²) in [5.41, 5.74) is 0.407. The largest absolute Gasteiger partial charge is 0.468 e. The lowest BCUT2D eigenvalue weighted by molar-refractivity contribution is -0.142. The Morgan fingerprint density at radius 3 is 2.45 bits per heavy atom. The molecule has 0 N–H and O–H groups in total. The monoisotopic (exact) mass is 283 g/mol. The van der Waals surface area contributed by atoms with E-state index in [2.05, 4.69) is 9.47 Å². The van der Waals surface area contributed by atoms with Crippen molar-refractivity contribution in [3.05, 3.63) is 23.2 Å². The van der Waals surface area contributed by atoms with Crippen LogP contribution in [0.25, 0.3) is 0 Å². The summed E-state index contributed by atoms with van der Waals surface area (Å²) in [4.78, 5) is 24.8. The zero-order valence-electron chi connectivity index (χ0n) is 12.6. The van der Waals surface area contributed by atoms with Crippen LogP contribution < -0.4 is 0 Å². The number of esters is 2. The van der Waals surface area contributed by atoms with Crippen molar-refractivity contribution in [3.8, 4) is 0 Å². The van der Waals surface area contributed by atoms with Crippen molar-refractivity contribution in [2.75, 3.05) is 20.8 Å². The molecule has 20 heavy (non-hydrogen) atoms. The molecule has 1 aromatic rings. The fraction of sp³-hybridized carbons (Fsp3) is 0.571. The van der Waals surface area contributed by atoms with E-state index in [9.17, 15) is 9.59 Å². The number of carbonyl (C=O) groups is 2. The topological polar surface area (TPSA) is 69.0 Å². The molecule has 1 heterocycles. The summed E-state index contributed by atoms with van der Waals surface area (Å²) >= 11 is 0. The Morgan fingerprint density at radius 2 is 1.95 bits per heavy atom. The molecule has 0 saturated carbocycles. The van der Waals surface area contributed by atoms with Crippen LogP contribution in [0.2, 0.25) is 0 Å². The van der Waals surface area contributed by atoms with E-state index in [1.54, 1.807) is 13.0 Å². The summed E-state index contributed by atoms with van der Waals surface area (Å²) in [6.45, 7) is 6.24. The first-order valence-electron chi connectivity index (χ1n) is 6.37. The summed E-state index contributed by atoms with van der Waals surface area (Å²) in [6, 6.07) is 1.79. The first-order chi connectivity index (χ1) is 9.38. The Kier molecular flexibility index (Phi) is 5.76. The molecule has 0 aliphatic carbocycles. The highest BCUT2D eigenvalue weighted by atomic mass is 16.5. The van der Waals surface area contributed by atoms with Gasteiger partial charge in [0.05, 0.1) is 27.3 Å². The molecule has 0 aliphatic heterocycles. The van der Waals surface area contributed by atoms with Crippen molar-refractivity contribution in [1.29, 1.82) is 0 Å². The smallest absolute Gasteiger partial charge is 0.341 e. The van der Waals surface area contributed by atoms with E-state index in [-0.39, 0.29) is 18.6 Å². The van der Waals surface area contributed by atoms with Gasteiger partial charge in [0.15, 0.2) is 0 Å². The van der Waals surface area contributed by atoms with Gasteiger partial charge in [-0.15, -0.1) is 0 Å². The van der Waals surface area contributed by atoms with Gasteiger partial charge >= 0.3 is 11.9 Å². The number of aryl methyl sites for hydroxylation is 1. The number of hydrogen-bond donors (Lipinski definition) is 0. The fourth-order valence-electron chi connectivity index (χ4n) is 1.79. The van der Waals surface area contributed by atoms with Gasteiger partial charge in [0.2, 0.25) is 0 Å². The number of hydrogen-bond acceptors (Lipinski definition) is 6. The summed E-state index contributed by atoms with van der Waals surface area (Å²) in [5.74, 6) is 0.380. The fourth-order valence-corrected chi connectivity index (χ4v) is 1.79. The first kappa shape index (κ1) is 16.2. The maximum Gasteiger partial charge on any atom is 0.341 e. The molecule has 6 heteroatoms. The molecule has 1 rings (SSSR count). The summed E-state index contributed by atoms with van der Waals surface area (Å²) in [6.07, 6.45) is 0. The first-order valence-corrected chi connectivity index (χ1v) is 6.37. The standard InChI is InChI=1S/C14H21NO5/c1-9(2)15(8-13(16)18-4)7-11-6-12(10(3)20-11)14(17)19-5/h6,9H,7-8H2,1-5H3. The molecule has 0 radical (unpaired) electrons. The van der Waals surface area contributed by atoms with E-state index >= 15 is 0 Å². The van der Waals surface area contributed by atoms with Crippen LogP contribution in [0.15, 0.2) is 10.5 Å². The summed E-state index contributed by atoms with van der Waals surface area (Å²) in [7, 11) is 2.68. The molecule has 0 spiro atoms. The van der Waals surface area contributed by atoms with Crippen LogP contribution in [0.5, 0.6) is 0 Å². The Morgan fingerprint density at radius 1 is 1.30 bits per heavy atom. The third-order valence-electron chi connectivity index (χ3n) is 3.02. The quantitative estimate of drug-likeness (QED) is 0.741. The van der Waals surface area contributed by atoms with E-state index < -0.39 is 5.97 Å². The molecule has 0 amide bonds. The maximum atomic E-state index is 11.5. The van der Waals surface area contributed by atoms with Gasteiger partial charge in [0, 0.05) is 6.04 Å². The number of furan rings is 1. The predicted octanol–water partition coefficient (Wildman–Crippen LogP) is 1.76. The van der Waals surface area contributed by atoms with Gasteiger partial charge < -0.3 is 13.9 Å². The molecule has 0 aliphatic rings. The Labute approximate surface area is 118 Å². The maximum absolute atomic E-state index is 11.5. The van der Waals surface area contributed by atoms with Crippen molar-refractivity contribution in [3.63, 3.8) is 0 Å². The number of nitrogens with zero attached hydrogens (tertiary/aromatic N) is 1. The van der Waals surface area contributed by atoms with E-state index in [0.717, 1.165) is 0 Å². The molecule has 6 nitrogen and oxygen atoms in total. The molecular formula is C14H21NO5. The van der Waals surface area contributed by atoms with Gasteiger partial charge in [0.1, 0.15) is 17.1 Å². The number of rotatable bonds is 6. The van der Waals surface area contributed by atoms with Crippen molar-refractivity contribution in [2.45, 2.75) is 33.4 Å². The van der Waals surface area contributed by atoms with Crippen LogP contribution in [-0.2, 0) is 20.8 Å². The second kappa shape index (κ2) is 7.09. The highest BCUT2D eigenvalue weighted by Gasteiger charge is 2.20. The molecule has 1 aromatic heterocycles. The molecular weight excluding hydrogens is 262 g/mol. The molecule has 0 atom stereocenters. The molecule has 112 valence electrons. The predicted molar refractivity (Wildman–Crippen MR) is 72.3 cm³/mol. The zero-order valence-corrected chi connectivity index (χ0v) is 12.6. The van der Waals surface area contributed by atoms with Gasteiger partial charge in [-0.05, 0) is 26.8 Å². The van der Waals surface area contributed by atoms with E-state index in [4.69, 9.17) is 4.42 Å². The normalized spacial score (nSPS) is 10.9. The average molecular weight is 283 g/mol. The van der Waals surface area contributed by atoms with Gasteiger partial charge in [0.25, 0.3) is 0 Å². The lowest BCUT2D eigenvalue weighted by atomic mass is 10.2. The molecule has 0 aromatic carbocycles. The Bertz CT molecular complexity index is 478. The SMILES string of the molecule is COC(=O)CN(Cc1cc(C(=O)OC)c(C)o1)C(C)C. The lowest BCUT2D eigenvalue weighted by Crippen LogP contribution is -2.35. The van der Waals surface area contributed by atoms with Crippen LogP contribution in [0, 0.1) is 6.92 Å². The van der Waals surface area contributed by atoms with Crippen molar-refractivity contribution < 1.29 is 23.5 Å². The van der Waals surface area contributed by atoms with Crippen LogP contribution in [0.1, 0.15) is 35.7 Å². The average Bonchev–Trinajstić information content (AvgIpc) is 2.77. The minimum absolute atomic E-state index is 0.140. The molecule has 0 unspecified atom stereocenters. The van der Waals surface area contributed by atoms with Gasteiger partial charge in [-0.25, -0.2) is 4.79 Å². The minimum atomic E-state index is -0.429. The molecule has 0 fully saturated rings. The summed E-state index contributed by atoms with van der Waals surface area (Å²) in [5, 5.41) is 0.